The van der Waals surface area contributed by atoms with Gasteiger partial charge in [0.1, 0.15) is 5.78 Å². The minimum atomic E-state index is -4.57. The molecule has 1 atom stereocenters. The van der Waals surface area contributed by atoms with Crippen molar-refractivity contribution in [2.45, 2.75) is 45.3 Å². The molecule has 0 rings (SSSR count). The standard InChI is InChI=1S/C10H25NO6P2/c1-3-5-6-7-8-11(4-2)10(19(15,16)17)9-18(12,13)14/h10H,3-9H2,1-2H3,(H2,12,13,14)(H2,15,16,17). The molecule has 0 saturated carbocycles. The summed E-state index contributed by atoms with van der Waals surface area (Å²) in [5, 5.41) is 0. The van der Waals surface area contributed by atoms with E-state index in [1.807, 2.05) is 0 Å². The van der Waals surface area contributed by atoms with Gasteiger partial charge in [-0.3, -0.25) is 14.0 Å². The largest absolute Gasteiger partial charge is 0.343 e. The molecule has 7 nitrogen and oxygen atoms in total. The molecule has 0 aliphatic heterocycles. The van der Waals surface area contributed by atoms with Crippen LogP contribution in [0.25, 0.3) is 0 Å². The van der Waals surface area contributed by atoms with Gasteiger partial charge in [0.2, 0.25) is 0 Å². The molecule has 0 radical (unpaired) electrons. The van der Waals surface area contributed by atoms with Gasteiger partial charge in [0.15, 0.2) is 0 Å². The molecule has 9 heteroatoms. The van der Waals surface area contributed by atoms with Crippen molar-refractivity contribution in [1.82, 2.24) is 4.90 Å². The predicted molar refractivity (Wildman–Crippen MR) is 74.1 cm³/mol. The molecule has 0 aliphatic carbocycles. The van der Waals surface area contributed by atoms with E-state index in [1.165, 1.54) is 4.90 Å². The van der Waals surface area contributed by atoms with Crippen LogP contribution in [0.2, 0.25) is 0 Å². The zero-order valence-electron chi connectivity index (χ0n) is 11.5. The fourth-order valence-electron chi connectivity index (χ4n) is 1.91. The smallest absolute Gasteiger partial charge is 0.324 e. The van der Waals surface area contributed by atoms with Crippen LogP contribution in [0, 0.1) is 0 Å². The Morgan fingerprint density at radius 3 is 1.95 bits per heavy atom. The molecule has 0 aromatic rings. The van der Waals surface area contributed by atoms with E-state index in [2.05, 4.69) is 6.92 Å². The average Bonchev–Trinajstić information content (AvgIpc) is 2.24. The van der Waals surface area contributed by atoms with Crippen molar-refractivity contribution in [2.75, 3.05) is 19.3 Å². The fraction of sp³-hybridized carbons (Fsp3) is 1.00. The minimum absolute atomic E-state index is 0.349. The summed E-state index contributed by atoms with van der Waals surface area (Å²) in [6.07, 6.45) is 2.99. The van der Waals surface area contributed by atoms with Gasteiger partial charge in [0.05, 0.1) is 6.16 Å². The average molecular weight is 317 g/mol. The van der Waals surface area contributed by atoms with E-state index in [0.717, 1.165) is 25.7 Å². The van der Waals surface area contributed by atoms with Gasteiger partial charge < -0.3 is 19.6 Å². The lowest BCUT2D eigenvalue weighted by Crippen LogP contribution is -2.38. The Bertz CT molecular complexity index is 339. The molecule has 0 bridgehead atoms. The molecular formula is C10H25NO6P2. The van der Waals surface area contributed by atoms with Gasteiger partial charge in [0.25, 0.3) is 0 Å². The molecule has 0 aromatic carbocycles. The van der Waals surface area contributed by atoms with E-state index >= 15 is 0 Å². The van der Waals surface area contributed by atoms with Crippen LogP contribution in [0.1, 0.15) is 39.5 Å². The van der Waals surface area contributed by atoms with Gasteiger partial charge in [-0.1, -0.05) is 33.1 Å². The maximum Gasteiger partial charge on any atom is 0.343 e. The summed E-state index contributed by atoms with van der Waals surface area (Å²) in [5.74, 6) is -1.40. The normalized spacial score (nSPS) is 14.9. The van der Waals surface area contributed by atoms with E-state index in [1.54, 1.807) is 6.92 Å². The third-order valence-electron chi connectivity index (χ3n) is 2.92. The van der Waals surface area contributed by atoms with Gasteiger partial charge >= 0.3 is 15.2 Å². The van der Waals surface area contributed by atoms with Crippen molar-refractivity contribution in [3.8, 4) is 0 Å². The Morgan fingerprint density at radius 2 is 1.58 bits per heavy atom. The molecule has 4 N–H and O–H groups in total. The zero-order chi connectivity index (χ0) is 15.1. The Balaban J connectivity index is 4.70. The third-order valence-corrected chi connectivity index (χ3v) is 5.31. The van der Waals surface area contributed by atoms with E-state index in [-0.39, 0.29) is 0 Å². The van der Waals surface area contributed by atoms with Gasteiger partial charge in [-0.2, -0.15) is 0 Å². The fourth-order valence-corrected chi connectivity index (χ4v) is 4.76. The van der Waals surface area contributed by atoms with Crippen LogP contribution >= 0.6 is 15.2 Å². The van der Waals surface area contributed by atoms with Crippen LogP contribution in [0.5, 0.6) is 0 Å². The first-order chi connectivity index (χ1) is 8.61. The van der Waals surface area contributed by atoms with Crippen molar-refractivity contribution in [2.24, 2.45) is 0 Å². The summed E-state index contributed by atoms with van der Waals surface area (Å²) < 4.78 is 22.4. The molecule has 0 saturated heterocycles. The molecule has 0 aliphatic rings. The molecule has 0 fully saturated rings. The molecule has 0 heterocycles. The van der Waals surface area contributed by atoms with E-state index in [0.29, 0.717) is 13.1 Å². The maximum absolute atomic E-state index is 11.4. The summed E-state index contributed by atoms with van der Waals surface area (Å²) in [6, 6.07) is 0. The lowest BCUT2D eigenvalue weighted by atomic mass is 10.2. The Labute approximate surface area is 114 Å². The first-order valence-corrected chi connectivity index (χ1v) is 9.93. The Kier molecular flexibility index (Phi) is 8.64. The second-order valence-electron chi connectivity index (χ2n) is 4.61. The lowest BCUT2D eigenvalue weighted by Gasteiger charge is -2.31. The van der Waals surface area contributed by atoms with Gasteiger partial charge in [-0.05, 0) is 19.5 Å². The van der Waals surface area contributed by atoms with Gasteiger partial charge in [0, 0.05) is 0 Å². The Hall–Kier alpha value is 0.260. The molecule has 116 valence electrons. The number of hydrogen-bond acceptors (Lipinski definition) is 3. The lowest BCUT2D eigenvalue weighted by molar-refractivity contribution is 0.222. The van der Waals surface area contributed by atoms with Crippen LogP contribution in [0.3, 0.4) is 0 Å². The zero-order valence-corrected chi connectivity index (χ0v) is 13.3. The molecule has 0 amide bonds. The maximum atomic E-state index is 11.4. The second kappa shape index (κ2) is 8.53. The summed E-state index contributed by atoms with van der Waals surface area (Å²) >= 11 is 0. The first kappa shape index (κ1) is 19.3. The van der Waals surface area contributed by atoms with Crippen LogP contribution in [-0.2, 0) is 9.13 Å². The summed E-state index contributed by atoms with van der Waals surface area (Å²) in [7, 11) is -9.03. The van der Waals surface area contributed by atoms with Crippen LogP contribution in [-0.4, -0.2) is 49.5 Å². The first-order valence-electron chi connectivity index (χ1n) is 6.45. The SMILES string of the molecule is CCCCCCN(CC)C(CP(=O)(O)O)P(=O)(O)O. The summed E-state index contributed by atoms with van der Waals surface area (Å²) in [5.41, 5.74) is 0. The van der Waals surface area contributed by atoms with Gasteiger partial charge in [-0.15, -0.1) is 0 Å². The van der Waals surface area contributed by atoms with E-state index in [9.17, 15) is 18.9 Å². The highest BCUT2D eigenvalue weighted by Crippen LogP contribution is 2.50. The van der Waals surface area contributed by atoms with E-state index < -0.39 is 27.1 Å². The predicted octanol–water partition coefficient (Wildman–Crippen LogP) is 1.57. The number of hydrogen-bond donors (Lipinski definition) is 4. The second-order valence-corrected chi connectivity index (χ2v) is 8.08. The third kappa shape index (κ3) is 8.92. The molecule has 0 spiro atoms. The quantitative estimate of drug-likeness (QED) is 0.357. The van der Waals surface area contributed by atoms with Gasteiger partial charge in [-0.25, -0.2) is 0 Å². The molecule has 19 heavy (non-hydrogen) atoms. The van der Waals surface area contributed by atoms with Crippen LogP contribution < -0.4 is 0 Å². The highest BCUT2D eigenvalue weighted by molar-refractivity contribution is 7.56. The number of nitrogens with zero attached hydrogens (tertiary/aromatic N) is 1. The summed E-state index contributed by atoms with van der Waals surface area (Å²) in [4.78, 5) is 37.9. The number of rotatable bonds is 10. The minimum Gasteiger partial charge on any atom is -0.324 e. The van der Waals surface area contributed by atoms with Crippen molar-refractivity contribution < 1.29 is 28.7 Å². The molecular weight excluding hydrogens is 292 g/mol. The van der Waals surface area contributed by atoms with Crippen molar-refractivity contribution >= 4 is 15.2 Å². The highest BCUT2D eigenvalue weighted by atomic mass is 31.2. The molecule has 0 aromatic heterocycles. The highest BCUT2D eigenvalue weighted by Gasteiger charge is 2.38. The van der Waals surface area contributed by atoms with Crippen LogP contribution in [0.4, 0.5) is 0 Å². The molecule has 1 unspecified atom stereocenters. The van der Waals surface area contributed by atoms with Crippen LogP contribution in [0.15, 0.2) is 0 Å². The topological polar surface area (TPSA) is 118 Å². The van der Waals surface area contributed by atoms with Crippen molar-refractivity contribution in [3.63, 3.8) is 0 Å². The van der Waals surface area contributed by atoms with Crippen molar-refractivity contribution in [3.05, 3.63) is 0 Å². The Morgan fingerprint density at radius 1 is 1.00 bits per heavy atom. The van der Waals surface area contributed by atoms with E-state index in [4.69, 9.17) is 9.79 Å². The van der Waals surface area contributed by atoms with Crippen molar-refractivity contribution in [1.29, 1.82) is 0 Å². The number of unbranched alkanes of at least 4 members (excludes halogenated alkanes) is 3. The monoisotopic (exact) mass is 317 g/mol. The summed E-state index contributed by atoms with van der Waals surface area (Å²) in [6.45, 7) is 4.57.